The molecule has 0 spiro atoms. The Morgan fingerprint density at radius 3 is 2.81 bits per heavy atom. The zero-order valence-electron chi connectivity index (χ0n) is 14.0. The molecule has 0 unspecified atom stereocenters. The number of urea groups is 1. The summed E-state index contributed by atoms with van der Waals surface area (Å²) in [6, 6.07) is 2.96. The Bertz CT molecular complexity index is 1030. The SMILES string of the molecule is O=C(NCC1CC1)N(S)c1ccc2ncc(-c3cnn(C(=O)O)c3)nc2n1. The van der Waals surface area contributed by atoms with Crippen molar-refractivity contribution in [2.24, 2.45) is 5.92 Å². The molecule has 1 aliphatic rings. The standard InChI is InChI=1S/C16H15N7O3S/c24-15(18-5-9-1-2-9)23(27)13-4-3-11-14(21-13)20-12(7-17-11)10-6-19-22(8-10)16(25)26/h3-4,6-9,27H,1-2,5H2,(H,18,24)(H,25,26). The lowest BCUT2D eigenvalue weighted by molar-refractivity contribution is 0.192. The average molecular weight is 385 g/mol. The van der Waals surface area contributed by atoms with E-state index in [0.29, 0.717) is 40.7 Å². The first-order chi connectivity index (χ1) is 13.0. The number of thiol groups is 1. The van der Waals surface area contributed by atoms with E-state index in [1.807, 2.05) is 0 Å². The van der Waals surface area contributed by atoms with Gasteiger partial charge in [0.25, 0.3) is 0 Å². The molecule has 1 saturated carbocycles. The maximum Gasteiger partial charge on any atom is 0.432 e. The van der Waals surface area contributed by atoms with Crippen LogP contribution in [0.3, 0.4) is 0 Å². The molecule has 1 fully saturated rings. The van der Waals surface area contributed by atoms with Gasteiger partial charge >= 0.3 is 12.1 Å². The van der Waals surface area contributed by atoms with Gasteiger partial charge in [0.2, 0.25) is 0 Å². The molecule has 3 heterocycles. The topological polar surface area (TPSA) is 126 Å². The molecule has 0 saturated heterocycles. The van der Waals surface area contributed by atoms with Gasteiger partial charge in [-0.3, -0.25) is 4.98 Å². The summed E-state index contributed by atoms with van der Waals surface area (Å²) >= 11 is 4.22. The molecule has 10 nitrogen and oxygen atoms in total. The number of anilines is 1. The Labute approximate surface area is 158 Å². The summed E-state index contributed by atoms with van der Waals surface area (Å²) in [5.41, 5.74) is 1.75. The molecule has 3 aromatic heterocycles. The third-order valence-electron chi connectivity index (χ3n) is 4.11. The number of fused-ring (bicyclic) bond motifs is 1. The number of nitrogens with one attached hydrogen (secondary N) is 1. The van der Waals surface area contributed by atoms with Crippen molar-refractivity contribution >= 4 is 41.9 Å². The third-order valence-corrected chi connectivity index (χ3v) is 4.50. The summed E-state index contributed by atoms with van der Waals surface area (Å²) in [5, 5.41) is 15.5. The summed E-state index contributed by atoms with van der Waals surface area (Å²) in [6.45, 7) is 0.626. The van der Waals surface area contributed by atoms with Gasteiger partial charge in [-0.15, -0.1) is 0 Å². The monoisotopic (exact) mass is 385 g/mol. The van der Waals surface area contributed by atoms with Crippen LogP contribution in [0, 0.1) is 5.92 Å². The van der Waals surface area contributed by atoms with Crippen LogP contribution in [0.2, 0.25) is 0 Å². The summed E-state index contributed by atoms with van der Waals surface area (Å²) in [7, 11) is 0. The van der Waals surface area contributed by atoms with Crippen molar-refractivity contribution in [2.75, 3.05) is 10.8 Å². The average Bonchev–Trinajstić information content (AvgIpc) is 3.37. The van der Waals surface area contributed by atoms with Crippen LogP contribution in [0.1, 0.15) is 12.8 Å². The Kier molecular flexibility index (Phi) is 4.36. The van der Waals surface area contributed by atoms with E-state index in [1.54, 1.807) is 12.1 Å². The van der Waals surface area contributed by atoms with Crippen LogP contribution in [0.25, 0.3) is 22.4 Å². The Balaban J connectivity index is 1.59. The quantitative estimate of drug-likeness (QED) is 0.588. The van der Waals surface area contributed by atoms with E-state index in [4.69, 9.17) is 5.11 Å². The maximum absolute atomic E-state index is 12.2. The minimum atomic E-state index is -1.20. The Morgan fingerprint density at radius 1 is 1.30 bits per heavy atom. The third kappa shape index (κ3) is 3.67. The highest BCUT2D eigenvalue weighted by molar-refractivity contribution is 7.82. The van der Waals surface area contributed by atoms with Gasteiger partial charge in [-0.25, -0.2) is 23.9 Å². The van der Waals surface area contributed by atoms with Crippen LogP contribution in [-0.2, 0) is 0 Å². The molecule has 27 heavy (non-hydrogen) atoms. The van der Waals surface area contributed by atoms with Crippen LogP contribution in [-0.4, -0.2) is 48.5 Å². The van der Waals surface area contributed by atoms with E-state index in [2.05, 4.69) is 38.2 Å². The van der Waals surface area contributed by atoms with Crippen LogP contribution >= 0.6 is 12.8 Å². The molecule has 0 atom stereocenters. The van der Waals surface area contributed by atoms with Crippen LogP contribution in [0.5, 0.6) is 0 Å². The zero-order chi connectivity index (χ0) is 19.0. The summed E-state index contributed by atoms with van der Waals surface area (Å²) in [4.78, 5) is 36.1. The van der Waals surface area contributed by atoms with Gasteiger partial charge in [-0.1, -0.05) is 12.8 Å². The van der Waals surface area contributed by atoms with Gasteiger partial charge < -0.3 is 10.4 Å². The number of nitrogens with zero attached hydrogens (tertiary/aromatic N) is 6. The van der Waals surface area contributed by atoms with Crippen molar-refractivity contribution in [1.82, 2.24) is 30.0 Å². The second-order valence-electron chi connectivity index (χ2n) is 6.16. The Hall–Kier alpha value is -3.21. The first-order valence-electron chi connectivity index (χ1n) is 8.20. The number of hydrogen-bond donors (Lipinski definition) is 3. The molecule has 4 rings (SSSR count). The minimum absolute atomic E-state index is 0.308. The fourth-order valence-corrected chi connectivity index (χ4v) is 2.62. The molecule has 0 aromatic carbocycles. The van der Waals surface area contributed by atoms with Gasteiger partial charge in [0.05, 0.1) is 18.1 Å². The number of carboxylic acid groups (broad SMARTS) is 1. The van der Waals surface area contributed by atoms with E-state index >= 15 is 0 Å². The number of hydrogen-bond acceptors (Lipinski definition) is 7. The maximum atomic E-state index is 12.2. The predicted octanol–water partition coefficient (Wildman–Crippen LogP) is 2.19. The molecule has 11 heteroatoms. The van der Waals surface area contributed by atoms with E-state index in [-0.39, 0.29) is 6.03 Å². The predicted molar refractivity (Wildman–Crippen MR) is 99.6 cm³/mol. The number of rotatable bonds is 4. The van der Waals surface area contributed by atoms with Gasteiger partial charge in [0.1, 0.15) is 11.3 Å². The summed E-state index contributed by atoms with van der Waals surface area (Å²) < 4.78 is 1.91. The van der Waals surface area contributed by atoms with E-state index < -0.39 is 6.09 Å². The van der Waals surface area contributed by atoms with Crippen LogP contribution < -0.4 is 9.62 Å². The summed E-state index contributed by atoms with van der Waals surface area (Å²) in [5.74, 6) is 0.868. The molecule has 1 aliphatic carbocycles. The Morgan fingerprint density at radius 2 is 2.11 bits per heavy atom. The van der Waals surface area contributed by atoms with Gasteiger partial charge in [0.15, 0.2) is 5.65 Å². The highest BCUT2D eigenvalue weighted by atomic mass is 32.1. The number of pyridine rings is 1. The lowest BCUT2D eigenvalue weighted by Gasteiger charge is -2.15. The smallest absolute Gasteiger partial charge is 0.432 e. The normalized spacial score (nSPS) is 13.5. The van der Waals surface area contributed by atoms with Crippen LogP contribution in [0.4, 0.5) is 15.4 Å². The number of carbonyl (C=O) groups excluding carboxylic acids is 1. The molecule has 0 aliphatic heterocycles. The van der Waals surface area contributed by atoms with E-state index in [0.717, 1.165) is 21.8 Å². The number of amides is 2. The van der Waals surface area contributed by atoms with Crippen molar-refractivity contribution in [3.8, 4) is 11.3 Å². The zero-order valence-corrected chi connectivity index (χ0v) is 14.9. The van der Waals surface area contributed by atoms with Gasteiger partial charge in [0, 0.05) is 18.3 Å². The molecule has 0 radical (unpaired) electrons. The van der Waals surface area contributed by atoms with Crippen molar-refractivity contribution in [1.29, 1.82) is 0 Å². The lowest BCUT2D eigenvalue weighted by Crippen LogP contribution is -2.35. The highest BCUT2D eigenvalue weighted by Gasteiger charge is 2.23. The fraction of sp³-hybridized carbons (Fsp3) is 0.250. The molecular weight excluding hydrogens is 370 g/mol. The number of carbonyl (C=O) groups is 2. The molecule has 2 N–H and O–H groups in total. The van der Waals surface area contributed by atoms with Gasteiger partial charge in [-0.05, 0) is 30.9 Å². The van der Waals surface area contributed by atoms with Crippen molar-refractivity contribution in [2.45, 2.75) is 12.8 Å². The van der Waals surface area contributed by atoms with Crippen molar-refractivity contribution in [3.63, 3.8) is 0 Å². The van der Waals surface area contributed by atoms with E-state index in [1.165, 1.54) is 18.6 Å². The first-order valence-corrected chi connectivity index (χ1v) is 8.60. The minimum Gasteiger partial charge on any atom is -0.463 e. The largest absolute Gasteiger partial charge is 0.463 e. The van der Waals surface area contributed by atoms with E-state index in [9.17, 15) is 9.59 Å². The van der Waals surface area contributed by atoms with Crippen LogP contribution in [0.15, 0.2) is 30.7 Å². The highest BCUT2D eigenvalue weighted by Crippen LogP contribution is 2.28. The molecule has 3 aromatic rings. The van der Waals surface area contributed by atoms with Gasteiger partial charge in [-0.2, -0.15) is 9.78 Å². The molecule has 2 amide bonds. The first kappa shape index (κ1) is 17.2. The number of aromatic nitrogens is 5. The molecular formula is C16H15N7O3S. The second kappa shape index (κ2) is 6.83. The lowest BCUT2D eigenvalue weighted by atomic mass is 10.2. The van der Waals surface area contributed by atoms with Crippen molar-refractivity contribution in [3.05, 3.63) is 30.7 Å². The second-order valence-corrected chi connectivity index (χ2v) is 6.56. The summed E-state index contributed by atoms with van der Waals surface area (Å²) in [6.07, 6.45) is 5.30. The molecule has 0 bridgehead atoms. The molecule has 138 valence electrons. The fourth-order valence-electron chi connectivity index (χ4n) is 2.44. The van der Waals surface area contributed by atoms with Crippen molar-refractivity contribution < 1.29 is 14.7 Å².